The number of aromatic nitrogens is 2. The van der Waals surface area contributed by atoms with Crippen LogP contribution in [-0.4, -0.2) is 24.8 Å². The Kier molecular flexibility index (Phi) is 3.39. The molecule has 7 nitrogen and oxygen atoms in total. The Bertz CT molecular complexity index is 640. The van der Waals surface area contributed by atoms with Gasteiger partial charge in [-0.05, 0) is 16.8 Å². The summed E-state index contributed by atoms with van der Waals surface area (Å²) < 4.78 is 33.4. The van der Waals surface area contributed by atoms with Crippen LogP contribution in [0.15, 0.2) is 44.9 Å². The summed E-state index contributed by atoms with van der Waals surface area (Å²) in [4.78, 5) is 0.0939. The topological polar surface area (TPSA) is 93.5 Å². The van der Waals surface area contributed by atoms with Gasteiger partial charge in [-0.1, -0.05) is 29.8 Å². The minimum Gasteiger partial charge on any atom is -0.437 e. The van der Waals surface area contributed by atoms with E-state index in [1.807, 2.05) is 0 Å². The lowest BCUT2D eigenvalue weighted by Gasteiger charge is -1.97. The largest absolute Gasteiger partial charge is 0.440 e. The number of nitrogens with zero attached hydrogens (tertiary/aromatic N) is 2. The molecule has 9 heteroatoms. The van der Waals surface area contributed by atoms with E-state index in [0.29, 0.717) is 0 Å². The molecule has 1 aromatic heterocycles. The molecular formula is C9H8ClN2O5S+. The molecule has 0 spiro atoms. The number of hydrogen-bond donors (Lipinski definition) is 1. The van der Waals surface area contributed by atoms with Crippen LogP contribution in [0.25, 0.3) is 0 Å². The highest BCUT2D eigenvalue weighted by molar-refractivity contribution is 7.91. The molecule has 0 fully saturated rings. The molecule has 0 unspecified atom stereocenters. The highest BCUT2D eigenvalue weighted by Gasteiger charge is 2.39. The second-order valence-electron chi connectivity index (χ2n) is 3.13. The number of ether oxygens (including phenoxy) is 1. The minimum absolute atomic E-state index is 0.00155. The Morgan fingerprint density at radius 3 is 2.67 bits per heavy atom. The number of benzene rings is 1. The molecule has 0 saturated carbocycles. The fourth-order valence-corrected chi connectivity index (χ4v) is 2.62. The summed E-state index contributed by atoms with van der Waals surface area (Å²) in [5.41, 5.74) is 0. The maximum atomic E-state index is 12.2. The third-order valence-corrected chi connectivity index (χ3v) is 3.82. The lowest BCUT2D eigenvalue weighted by atomic mass is 10.4. The number of hydrogen-bond acceptors (Lipinski definition) is 6. The summed E-state index contributed by atoms with van der Waals surface area (Å²) in [6.45, 7) is 0. The molecule has 2 aromatic rings. The lowest BCUT2D eigenvalue weighted by Crippen LogP contribution is -2.29. The minimum atomic E-state index is -3.94. The highest BCUT2D eigenvalue weighted by Crippen LogP contribution is 2.24. The second kappa shape index (κ2) is 4.83. The monoisotopic (exact) mass is 291 g/mol. The maximum Gasteiger partial charge on any atom is 0.440 e. The maximum absolute atomic E-state index is 12.2. The van der Waals surface area contributed by atoms with Crippen molar-refractivity contribution < 1.29 is 27.9 Å². The van der Waals surface area contributed by atoms with Gasteiger partial charge in [-0.2, -0.15) is 0 Å². The highest BCUT2D eigenvalue weighted by atomic mass is 35.5. The molecule has 0 aliphatic rings. The first-order valence-electron chi connectivity index (χ1n) is 4.67. The average molecular weight is 292 g/mol. The van der Waals surface area contributed by atoms with E-state index < -0.39 is 20.7 Å². The fourth-order valence-electron chi connectivity index (χ4n) is 1.28. The first kappa shape index (κ1) is 12.7. The van der Waals surface area contributed by atoms with Crippen LogP contribution in [0.1, 0.15) is 0 Å². The molecule has 0 amide bonds. The number of sulfone groups is 1. The third-order valence-electron chi connectivity index (χ3n) is 2.06. The van der Waals surface area contributed by atoms with Crippen LogP contribution >= 0.6 is 11.6 Å². The third kappa shape index (κ3) is 2.12. The second-order valence-corrected chi connectivity index (χ2v) is 5.21. The van der Waals surface area contributed by atoms with Gasteiger partial charge in [0.15, 0.2) is 16.1 Å². The van der Waals surface area contributed by atoms with E-state index in [4.69, 9.17) is 16.3 Å². The van der Waals surface area contributed by atoms with Crippen molar-refractivity contribution in [3.05, 3.63) is 30.3 Å². The standard InChI is InChI=1S/C9H8ClN2O5S/c10-6-16-9-8(11-17-12(9)13)18(14,15)7-4-2-1-3-5-7/h1-5,13H,6H2/q+1. The zero-order chi connectivity index (χ0) is 13.2. The molecule has 2 rings (SSSR count). The molecule has 1 aromatic carbocycles. The Labute approximate surface area is 107 Å². The molecule has 0 aliphatic heterocycles. The smallest absolute Gasteiger partial charge is 0.437 e. The molecule has 0 radical (unpaired) electrons. The normalized spacial score (nSPS) is 11.4. The van der Waals surface area contributed by atoms with Gasteiger partial charge >= 0.3 is 10.9 Å². The van der Waals surface area contributed by atoms with Crippen molar-refractivity contribution in [1.29, 1.82) is 0 Å². The van der Waals surface area contributed by atoms with Gasteiger partial charge in [-0.15, -0.1) is 0 Å². The summed E-state index contributed by atoms with van der Waals surface area (Å²) in [7, 11) is -3.94. The number of rotatable bonds is 4. The van der Waals surface area contributed by atoms with Crippen LogP contribution in [-0.2, 0) is 9.84 Å². The predicted octanol–water partition coefficient (Wildman–Crippen LogP) is 0.607. The van der Waals surface area contributed by atoms with Crippen LogP contribution in [0.3, 0.4) is 0 Å². The number of alkyl halides is 1. The molecule has 0 aliphatic carbocycles. The molecule has 1 N–H and O–H groups in total. The van der Waals surface area contributed by atoms with Crippen LogP contribution in [0, 0.1) is 0 Å². The average Bonchev–Trinajstić information content (AvgIpc) is 2.73. The van der Waals surface area contributed by atoms with Gasteiger partial charge in [0.2, 0.25) is 0 Å². The first-order chi connectivity index (χ1) is 8.57. The van der Waals surface area contributed by atoms with Crippen molar-refractivity contribution in [2.45, 2.75) is 9.92 Å². The lowest BCUT2D eigenvalue weighted by molar-refractivity contribution is -1.04. The van der Waals surface area contributed by atoms with E-state index in [-0.39, 0.29) is 15.9 Å². The quantitative estimate of drug-likeness (QED) is 0.655. The summed E-state index contributed by atoms with van der Waals surface area (Å²) in [6.07, 6.45) is 0. The van der Waals surface area contributed by atoms with Crippen molar-refractivity contribution in [2.24, 2.45) is 0 Å². The van der Waals surface area contributed by atoms with Gasteiger partial charge in [-0.25, -0.2) is 8.42 Å². The zero-order valence-electron chi connectivity index (χ0n) is 8.85. The van der Waals surface area contributed by atoms with Gasteiger partial charge in [0.05, 0.1) is 4.90 Å². The fraction of sp³-hybridized carbons (Fsp3) is 0.111. The molecule has 1 heterocycles. The molecule has 18 heavy (non-hydrogen) atoms. The Hall–Kier alpha value is -1.80. The van der Waals surface area contributed by atoms with Crippen LogP contribution in [0.4, 0.5) is 0 Å². The van der Waals surface area contributed by atoms with E-state index in [1.165, 1.54) is 12.1 Å². The van der Waals surface area contributed by atoms with Gasteiger partial charge in [0.1, 0.15) is 0 Å². The first-order valence-corrected chi connectivity index (χ1v) is 6.69. The molecule has 96 valence electrons. The summed E-state index contributed by atoms with van der Waals surface area (Å²) >= 11 is 5.32. The van der Waals surface area contributed by atoms with Crippen molar-refractivity contribution in [2.75, 3.05) is 6.07 Å². The molecule has 0 atom stereocenters. The van der Waals surface area contributed by atoms with Gasteiger partial charge in [0, 0.05) is 0 Å². The van der Waals surface area contributed by atoms with Crippen LogP contribution < -0.4 is 9.64 Å². The molecule has 0 saturated heterocycles. The summed E-state index contributed by atoms with van der Waals surface area (Å²) in [5.74, 6) is -0.478. The Balaban J connectivity index is 2.55. The van der Waals surface area contributed by atoms with Crippen molar-refractivity contribution in [3.63, 3.8) is 0 Å². The summed E-state index contributed by atoms with van der Waals surface area (Å²) in [5, 5.41) is 11.9. The van der Waals surface area contributed by atoms with Crippen LogP contribution in [0.5, 0.6) is 5.88 Å². The zero-order valence-corrected chi connectivity index (χ0v) is 10.4. The van der Waals surface area contributed by atoms with Crippen molar-refractivity contribution in [1.82, 2.24) is 5.16 Å². The number of halogens is 1. The van der Waals surface area contributed by atoms with E-state index in [2.05, 4.69) is 9.79 Å². The van der Waals surface area contributed by atoms with Crippen molar-refractivity contribution in [3.8, 4) is 5.88 Å². The summed E-state index contributed by atoms with van der Waals surface area (Å²) in [6, 6.07) is 7.19. The van der Waals surface area contributed by atoms with E-state index in [9.17, 15) is 13.6 Å². The van der Waals surface area contributed by atoms with Crippen LogP contribution in [0.2, 0.25) is 0 Å². The van der Waals surface area contributed by atoms with Gasteiger partial charge in [-0.3, -0.25) is 0 Å². The Morgan fingerprint density at radius 1 is 1.39 bits per heavy atom. The predicted molar refractivity (Wildman–Crippen MR) is 57.1 cm³/mol. The molecule has 0 bridgehead atoms. The molecular weight excluding hydrogens is 284 g/mol. The SMILES string of the molecule is O=S(=O)(c1ccccc1)c1no[n+](O)c1OCCl. The van der Waals surface area contributed by atoms with E-state index in [0.717, 1.165) is 0 Å². The van der Waals surface area contributed by atoms with E-state index in [1.54, 1.807) is 18.2 Å². The van der Waals surface area contributed by atoms with E-state index >= 15 is 0 Å². The van der Waals surface area contributed by atoms with Gasteiger partial charge < -0.3 is 9.94 Å². The van der Waals surface area contributed by atoms with Crippen molar-refractivity contribution >= 4 is 21.4 Å². The van der Waals surface area contributed by atoms with Gasteiger partial charge in [0.25, 0.3) is 9.84 Å². The Morgan fingerprint density at radius 2 is 2.06 bits per heavy atom.